The molecule has 39 heavy (non-hydrogen) atoms. The highest BCUT2D eigenvalue weighted by Gasteiger charge is 2.43. The van der Waals surface area contributed by atoms with Crippen LogP contribution in [0.3, 0.4) is 0 Å². The molecule has 1 aliphatic rings. The summed E-state index contributed by atoms with van der Waals surface area (Å²) >= 11 is 0. The number of carbonyl (C=O) groups is 4. The Bertz CT molecular complexity index is 828. The Morgan fingerprint density at radius 3 is 1.77 bits per heavy atom. The van der Waals surface area contributed by atoms with Gasteiger partial charge in [-0.05, 0) is 12.2 Å². The second kappa shape index (κ2) is 18.4. The summed E-state index contributed by atoms with van der Waals surface area (Å²) in [5.74, 6) is -1.39. The van der Waals surface area contributed by atoms with Crippen LogP contribution in [0.15, 0.2) is 25.3 Å². The number of nitrogens with two attached hydrogens (primary N) is 1. The van der Waals surface area contributed by atoms with Crippen LogP contribution in [0.2, 0.25) is 0 Å². The molecular weight excluding hydrogens is 516 g/mol. The lowest BCUT2D eigenvalue weighted by atomic mass is 9.98. The molecule has 1 aliphatic heterocycles. The average molecular weight is 559 g/mol. The van der Waals surface area contributed by atoms with Crippen LogP contribution < -0.4 is 21.7 Å². The Morgan fingerprint density at radius 2 is 1.31 bits per heavy atom. The van der Waals surface area contributed by atoms with Gasteiger partial charge in [-0.3, -0.25) is 24.5 Å². The quantitative estimate of drug-likeness (QED) is 0.0746. The average Bonchev–Trinajstić information content (AvgIpc) is 2.93. The molecule has 1 saturated heterocycles. The van der Waals surface area contributed by atoms with E-state index >= 15 is 0 Å². The molecule has 1 heterocycles. The van der Waals surface area contributed by atoms with E-state index in [1.54, 1.807) is 0 Å². The SMILES string of the molecule is C=CC(=O)NCCN(CCN(CCNC(=O)C=C)C(=O)CCNC1OC(CO)C(O)C(O)C1O)C(=O)CCN. The van der Waals surface area contributed by atoms with E-state index in [9.17, 15) is 39.6 Å². The highest BCUT2D eigenvalue weighted by atomic mass is 16.6. The van der Waals surface area contributed by atoms with Crippen molar-refractivity contribution in [1.82, 2.24) is 25.8 Å². The Labute approximate surface area is 227 Å². The summed E-state index contributed by atoms with van der Waals surface area (Å²) in [5.41, 5.74) is 5.52. The Balaban J connectivity index is 2.79. The number of hydrogen-bond donors (Lipinski definition) is 8. The molecule has 0 saturated carbocycles. The lowest BCUT2D eigenvalue weighted by molar-refractivity contribution is -0.236. The van der Waals surface area contributed by atoms with E-state index in [1.807, 2.05) is 0 Å². The van der Waals surface area contributed by atoms with Crippen molar-refractivity contribution in [3.05, 3.63) is 25.3 Å². The molecule has 4 amide bonds. The van der Waals surface area contributed by atoms with Crippen molar-refractivity contribution < 1.29 is 44.3 Å². The number of rotatable bonds is 18. The number of aliphatic hydroxyl groups is 4. The number of carbonyl (C=O) groups excluding carboxylic acids is 4. The molecule has 15 nitrogen and oxygen atoms in total. The summed E-state index contributed by atoms with van der Waals surface area (Å²) in [7, 11) is 0. The number of aliphatic hydroxyl groups excluding tert-OH is 4. The number of amides is 4. The molecule has 5 atom stereocenters. The number of nitrogens with one attached hydrogen (secondary N) is 3. The topological polar surface area (TPSA) is 227 Å². The normalized spacial score (nSPS) is 22.4. The molecule has 0 aliphatic carbocycles. The summed E-state index contributed by atoms with van der Waals surface area (Å²) in [6, 6.07) is 0. The van der Waals surface area contributed by atoms with Crippen molar-refractivity contribution in [3.8, 4) is 0 Å². The highest BCUT2D eigenvalue weighted by molar-refractivity contribution is 5.87. The van der Waals surface area contributed by atoms with E-state index in [4.69, 9.17) is 10.5 Å². The molecule has 1 fully saturated rings. The minimum atomic E-state index is -1.55. The van der Waals surface area contributed by atoms with Gasteiger partial charge in [0.15, 0.2) is 0 Å². The second-order valence-corrected chi connectivity index (χ2v) is 8.74. The molecule has 1 rings (SSSR count). The fraction of sp³-hybridized carbons (Fsp3) is 0.667. The van der Waals surface area contributed by atoms with Gasteiger partial charge in [0, 0.05) is 65.2 Å². The lowest BCUT2D eigenvalue weighted by Crippen LogP contribution is -2.62. The van der Waals surface area contributed by atoms with E-state index in [-0.39, 0.29) is 82.9 Å². The van der Waals surface area contributed by atoms with E-state index in [0.29, 0.717) is 0 Å². The maximum absolute atomic E-state index is 13.0. The van der Waals surface area contributed by atoms with Crippen LogP contribution in [0.25, 0.3) is 0 Å². The van der Waals surface area contributed by atoms with E-state index in [1.165, 1.54) is 9.80 Å². The van der Waals surface area contributed by atoms with Crippen molar-refractivity contribution >= 4 is 23.6 Å². The number of hydrogen-bond acceptors (Lipinski definition) is 11. The van der Waals surface area contributed by atoms with Crippen LogP contribution in [0, 0.1) is 0 Å². The molecule has 5 unspecified atom stereocenters. The van der Waals surface area contributed by atoms with Gasteiger partial charge in [0.1, 0.15) is 30.6 Å². The summed E-state index contributed by atoms with van der Waals surface area (Å²) < 4.78 is 5.37. The maximum atomic E-state index is 13.0. The predicted octanol–water partition coefficient (Wildman–Crippen LogP) is -4.62. The van der Waals surface area contributed by atoms with Crippen LogP contribution in [0.4, 0.5) is 0 Å². The third-order valence-corrected chi connectivity index (χ3v) is 6.01. The van der Waals surface area contributed by atoms with Crippen LogP contribution in [0.5, 0.6) is 0 Å². The zero-order chi connectivity index (χ0) is 29.4. The third-order valence-electron chi connectivity index (χ3n) is 6.01. The fourth-order valence-corrected chi connectivity index (χ4v) is 3.77. The summed E-state index contributed by atoms with van der Waals surface area (Å²) in [6.45, 7) is 7.20. The summed E-state index contributed by atoms with van der Waals surface area (Å²) in [4.78, 5) is 51.4. The van der Waals surface area contributed by atoms with Crippen LogP contribution >= 0.6 is 0 Å². The molecule has 0 radical (unpaired) electrons. The van der Waals surface area contributed by atoms with E-state index < -0.39 is 43.2 Å². The first kappa shape index (κ1) is 34.1. The fourth-order valence-electron chi connectivity index (χ4n) is 3.77. The first-order valence-electron chi connectivity index (χ1n) is 12.7. The number of nitrogens with zero attached hydrogens (tertiary/aromatic N) is 2. The van der Waals surface area contributed by atoms with Gasteiger partial charge >= 0.3 is 0 Å². The zero-order valence-electron chi connectivity index (χ0n) is 22.0. The molecular formula is C24H42N6O9. The van der Waals surface area contributed by atoms with Gasteiger partial charge in [0.25, 0.3) is 0 Å². The molecule has 222 valence electrons. The van der Waals surface area contributed by atoms with Gasteiger partial charge in [-0.25, -0.2) is 0 Å². The molecule has 15 heteroatoms. The van der Waals surface area contributed by atoms with Gasteiger partial charge in [0.2, 0.25) is 23.6 Å². The largest absolute Gasteiger partial charge is 0.394 e. The Morgan fingerprint density at radius 1 is 0.795 bits per heavy atom. The van der Waals surface area contributed by atoms with Crippen molar-refractivity contribution in [2.45, 2.75) is 43.5 Å². The maximum Gasteiger partial charge on any atom is 0.243 e. The Hall–Kier alpha value is -2.92. The van der Waals surface area contributed by atoms with E-state index in [2.05, 4.69) is 29.1 Å². The lowest BCUT2D eigenvalue weighted by Gasteiger charge is -2.40. The van der Waals surface area contributed by atoms with Gasteiger partial charge in [0.05, 0.1) is 6.61 Å². The molecule has 0 aromatic rings. The van der Waals surface area contributed by atoms with Crippen molar-refractivity contribution in [1.29, 1.82) is 0 Å². The van der Waals surface area contributed by atoms with Crippen molar-refractivity contribution in [2.75, 3.05) is 59.0 Å². The first-order chi connectivity index (χ1) is 18.6. The van der Waals surface area contributed by atoms with Crippen molar-refractivity contribution in [2.24, 2.45) is 5.73 Å². The highest BCUT2D eigenvalue weighted by Crippen LogP contribution is 2.19. The summed E-state index contributed by atoms with van der Waals surface area (Å²) in [6.07, 6.45) is -4.55. The van der Waals surface area contributed by atoms with Crippen LogP contribution in [-0.4, -0.2) is 143 Å². The molecule has 0 bridgehead atoms. The van der Waals surface area contributed by atoms with Gasteiger partial charge in [-0.2, -0.15) is 0 Å². The monoisotopic (exact) mass is 558 g/mol. The Kier molecular flexibility index (Phi) is 16.1. The van der Waals surface area contributed by atoms with Gasteiger partial charge < -0.3 is 51.3 Å². The molecule has 0 aromatic carbocycles. The van der Waals surface area contributed by atoms with Crippen LogP contribution in [-0.2, 0) is 23.9 Å². The van der Waals surface area contributed by atoms with E-state index in [0.717, 1.165) is 12.2 Å². The predicted molar refractivity (Wildman–Crippen MR) is 140 cm³/mol. The molecule has 9 N–H and O–H groups in total. The minimum absolute atomic E-state index is 0.0143. The molecule has 0 aromatic heterocycles. The standard InChI is InChI=1S/C24H42N6O9/c1-3-17(32)26-9-11-29(19(34)5-7-25)13-14-30(12-10-27-18(33)4-2)20(35)6-8-28-24-23(38)22(37)21(36)16(15-31)39-24/h3-4,16,21-24,28,31,36-38H,1-2,5-15,25H2,(H,26,32)(H,27,33). The minimum Gasteiger partial charge on any atom is -0.394 e. The zero-order valence-corrected chi connectivity index (χ0v) is 22.0. The first-order valence-corrected chi connectivity index (χ1v) is 12.7. The van der Waals surface area contributed by atoms with Crippen molar-refractivity contribution in [3.63, 3.8) is 0 Å². The third kappa shape index (κ3) is 11.8. The van der Waals surface area contributed by atoms with Gasteiger partial charge in [-0.15, -0.1) is 0 Å². The smallest absolute Gasteiger partial charge is 0.243 e. The van der Waals surface area contributed by atoms with Crippen LogP contribution in [0.1, 0.15) is 12.8 Å². The molecule has 0 spiro atoms. The summed E-state index contributed by atoms with van der Waals surface area (Å²) in [5, 5.41) is 47.2. The van der Waals surface area contributed by atoms with Gasteiger partial charge in [-0.1, -0.05) is 13.2 Å². The second-order valence-electron chi connectivity index (χ2n) is 8.74. The number of ether oxygens (including phenoxy) is 1.